The average molecular weight is 301 g/mol. The van der Waals surface area contributed by atoms with E-state index in [0.717, 1.165) is 26.2 Å². The molecule has 0 radical (unpaired) electrons. The van der Waals surface area contributed by atoms with Gasteiger partial charge in [0.25, 0.3) is 0 Å². The Morgan fingerprint density at radius 1 is 0.800 bits per heavy atom. The number of rotatable bonds is 8. The van der Waals surface area contributed by atoms with Gasteiger partial charge in [-0.15, -0.1) is 0 Å². The SMILES string of the molecule is CCN(CC)P(N(CC)CC)C(C)(C)C=NC(C)(C)C. The first-order valence-corrected chi connectivity index (χ1v) is 9.23. The zero-order chi connectivity index (χ0) is 16.0. The van der Waals surface area contributed by atoms with Crippen molar-refractivity contribution in [1.29, 1.82) is 0 Å². The van der Waals surface area contributed by atoms with Crippen molar-refractivity contribution in [3.63, 3.8) is 0 Å². The minimum atomic E-state index is -0.367. The van der Waals surface area contributed by atoms with Crippen LogP contribution in [0.4, 0.5) is 0 Å². The van der Waals surface area contributed by atoms with Crippen LogP contribution in [0.3, 0.4) is 0 Å². The van der Waals surface area contributed by atoms with Crippen LogP contribution in [0.1, 0.15) is 62.3 Å². The van der Waals surface area contributed by atoms with E-state index in [1.165, 1.54) is 0 Å². The highest BCUT2D eigenvalue weighted by Crippen LogP contribution is 2.54. The summed E-state index contributed by atoms with van der Waals surface area (Å²) in [5, 5.41) is 0.0979. The molecule has 0 fully saturated rings. The largest absolute Gasteiger partial charge is 0.291 e. The van der Waals surface area contributed by atoms with Gasteiger partial charge in [-0.2, -0.15) is 0 Å². The molecule has 0 aromatic heterocycles. The van der Waals surface area contributed by atoms with E-state index in [9.17, 15) is 0 Å². The second-order valence-corrected chi connectivity index (χ2v) is 9.51. The Morgan fingerprint density at radius 2 is 1.15 bits per heavy atom. The Hall–Kier alpha value is 0.0200. The second kappa shape index (κ2) is 8.46. The summed E-state index contributed by atoms with van der Waals surface area (Å²) in [5.74, 6) is 0. The van der Waals surface area contributed by atoms with Crippen molar-refractivity contribution < 1.29 is 0 Å². The molecule has 0 unspecified atom stereocenters. The third-order valence-corrected chi connectivity index (χ3v) is 6.63. The molecule has 0 aliphatic heterocycles. The van der Waals surface area contributed by atoms with Gasteiger partial charge in [-0.1, -0.05) is 27.7 Å². The smallest absolute Gasteiger partial charge is 0.0520 e. The molecule has 0 aliphatic rings. The number of hydrogen-bond acceptors (Lipinski definition) is 3. The maximum Gasteiger partial charge on any atom is 0.0520 e. The van der Waals surface area contributed by atoms with Crippen molar-refractivity contribution in [3.8, 4) is 0 Å². The topological polar surface area (TPSA) is 18.8 Å². The van der Waals surface area contributed by atoms with Crippen LogP contribution in [0.2, 0.25) is 0 Å². The normalized spacial score (nSPS) is 14.2. The molecular weight excluding hydrogens is 265 g/mol. The van der Waals surface area contributed by atoms with Gasteiger partial charge in [0.1, 0.15) is 0 Å². The molecular formula is C16H36N3P. The fourth-order valence-electron chi connectivity index (χ4n) is 2.29. The molecule has 0 spiro atoms. The van der Waals surface area contributed by atoms with E-state index in [0.29, 0.717) is 0 Å². The fourth-order valence-corrected chi connectivity index (χ4v) is 5.34. The van der Waals surface area contributed by atoms with Gasteiger partial charge in [0.2, 0.25) is 0 Å². The Labute approximate surface area is 128 Å². The molecule has 0 atom stereocenters. The van der Waals surface area contributed by atoms with Gasteiger partial charge in [-0.05, 0) is 34.6 Å². The quantitative estimate of drug-likeness (QED) is 0.481. The Kier molecular flexibility index (Phi) is 8.47. The van der Waals surface area contributed by atoms with Gasteiger partial charge in [-0.3, -0.25) is 14.3 Å². The minimum Gasteiger partial charge on any atom is -0.291 e. The van der Waals surface area contributed by atoms with E-state index in [-0.39, 0.29) is 18.9 Å². The van der Waals surface area contributed by atoms with Gasteiger partial charge in [0.05, 0.1) is 13.8 Å². The first-order valence-electron chi connectivity index (χ1n) is 7.99. The summed E-state index contributed by atoms with van der Waals surface area (Å²) in [6.07, 6.45) is 2.20. The Morgan fingerprint density at radius 3 is 1.40 bits per heavy atom. The summed E-state index contributed by atoms with van der Waals surface area (Å²) in [6, 6.07) is 0. The Balaban J connectivity index is 5.42. The van der Waals surface area contributed by atoms with Crippen LogP contribution in [0, 0.1) is 0 Å². The maximum atomic E-state index is 4.79. The third kappa shape index (κ3) is 6.20. The predicted octanol–water partition coefficient (Wildman–Crippen LogP) is 4.63. The molecule has 0 saturated heterocycles. The molecule has 3 nitrogen and oxygen atoms in total. The number of aliphatic imine (C=N–C) groups is 1. The van der Waals surface area contributed by atoms with Crippen LogP contribution in [0.15, 0.2) is 4.99 Å². The van der Waals surface area contributed by atoms with Crippen LogP contribution in [0.5, 0.6) is 0 Å². The Bertz CT molecular complexity index is 275. The first kappa shape index (κ1) is 20.0. The molecule has 0 bridgehead atoms. The summed E-state index contributed by atoms with van der Waals surface area (Å²) in [5.41, 5.74) is 0.00475. The van der Waals surface area contributed by atoms with Crippen molar-refractivity contribution in [1.82, 2.24) is 9.34 Å². The summed E-state index contributed by atoms with van der Waals surface area (Å²) >= 11 is 0. The van der Waals surface area contributed by atoms with Crippen LogP contribution in [-0.4, -0.2) is 52.4 Å². The monoisotopic (exact) mass is 301 g/mol. The highest BCUT2D eigenvalue weighted by atomic mass is 31.1. The fraction of sp³-hybridized carbons (Fsp3) is 0.938. The van der Waals surface area contributed by atoms with E-state index in [1.54, 1.807) is 0 Å². The lowest BCUT2D eigenvalue weighted by Gasteiger charge is -2.45. The summed E-state index contributed by atoms with van der Waals surface area (Å²) < 4.78 is 5.22. The molecule has 20 heavy (non-hydrogen) atoms. The van der Waals surface area contributed by atoms with Crippen molar-refractivity contribution in [2.24, 2.45) is 4.99 Å². The molecule has 0 heterocycles. The van der Waals surface area contributed by atoms with Crippen molar-refractivity contribution in [2.45, 2.75) is 73.0 Å². The highest BCUT2D eigenvalue weighted by molar-refractivity contribution is 7.55. The second-order valence-electron chi connectivity index (χ2n) is 6.65. The van der Waals surface area contributed by atoms with Gasteiger partial charge < -0.3 is 0 Å². The van der Waals surface area contributed by atoms with E-state index in [2.05, 4.69) is 77.9 Å². The van der Waals surface area contributed by atoms with Crippen LogP contribution >= 0.6 is 8.22 Å². The molecule has 0 N–H and O–H groups in total. The van der Waals surface area contributed by atoms with Crippen LogP contribution in [-0.2, 0) is 0 Å². The number of hydrogen-bond donors (Lipinski definition) is 0. The van der Waals surface area contributed by atoms with Gasteiger partial charge in [-0.25, -0.2) is 0 Å². The molecule has 0 rings (SSSR count). The first-order chi connectivity index (χ1) is 9.12. The van der Waals surface area contributed by atoms with E-state index < -0.39 is 0 Å². The lowest BCUT2D eigenvalue weighted by Crippen LogP contribution is -2.39. The van der Waals surface area contributed by atoms with E-state index in [4.69, 9.17) is 4.99 Å². The molecule has 0 aromatic rings. The lowest BCUT2D eigenvalue weighted by atomic mass is 10.1. The van der Waals surface area contributed by atoms with Gasteiger partial charge in [0.15, 0.2) is 0 Å². The highest BCUT2D eigenvalue weighted by Gasteiger charge is 2.36. The molecule has 120 valence electrons. The third-order valence-electron chi connectivity index (χ3n) is 3.28. The standard InChI is InChI=1S/C16H36N3P/c1-10-18(11-2)20(19(12-3)13-4)16(8,9)14-17-15(5,6)7/h14H,10-13H2,1-9H3. The van der Waals surface area contributed by atoms with Crippen molar-refractivity contribution in [2.75, 3.05) is 26.2 Å². The summed E-state index contributed by atoms with van der Waals surface area (Å²) in [4.78, 5) is 4.79. The van der Waals surface area contributed by atoms with Crippen molar-refractivity contribution in [3.05, 3.63) is 0 Å². The molecule has 4 heteroatoms. The zero-order valence-electron chi connectivity index (χ0n) is 15.2. The maximum absolute atomic E-state index is 4.79. The van der Waals surface area contributed by atoms with Crippen LogP contribution in [0.25, 0.3) is 0 Å². The molecule has 0 aliphatic carbocycles. The van der Waals surface area contributed by atoms with Crippen molar-refractivity contribution >= 4 is 14.4 Å². The van der Waals surface area contributed by atoms with Gasteiger partial charge in [0, 0.05) is 37.5 Å². The summed E-state index contributed by atoms with van der Waals surface area (Å²) in [6.45, 7) is 24.6. The predicted molar refractivity (Wildman–Crippen MR) is 95.1 cm³/mol. The average Bonchev–Trinajstić information content (AvgIpc) is 2.36. The van der Waals surface area contributed by atoms with Crippen LogP contribution < -0.4 is 0 Å². The molecule has 0 amide bonds. The molecule has 0 saturated carbocycles. The number of nitrogens with zero attached hydrogens (tertiary/aromatic N) is 3. The van der Waals surface area contributed by atoms with Gasteiger partial charge >= 0.3 is 0 Å². The minimum absolute atomic E-state index is 0.00475. The van der Waals surface area contributed by atoms with E-state index >= 15 is 0 Å². The zero-order valence-corrected chi connectivity index (χ0v) is 16.1. The lowest BCUT2D eigenvalue weighted by molar-refractivity contribution is 0.411. The summed E-state index contributed by atoms with van der Waals surface area (Å²) in [7, 11) is -0.367. The van der Waals surface area contributed by atoms with E-state index in [1.807, 2.05) is 0 Å². The molecule has 0 aromatic carbocycles.